The lowest BCUT2D eigenvalue weighted by atomic mass is 9.53. The molecule has 0 spiro atoms. The molecule has 5 atom stereocenters. The first-order valence-corrected chi connectivity index (χ1v) is 11.0. The highest BCUT2D eigenvalue weighted by Gasteiger charge is 2.63. The lowest BCUT2D eigenvalue weighted by Gasteiger charge is -2.52. The van der Waals surface area contributed by atoms with Gasteiger partial charge in [0.2, 0.25) is 0 Å². The number of benzene rings is 1. The van der Waals surface area contributed by atoms with Crippen molar-refractivity contribution >= 4 is 5.97 Å². The van der Waals surface area contributed by atoms with Gasteiger partial charge >= 0.3 is 5.97 Å². The summed E-state index contributed by atoms with van der Waals surface area (Å²) in [5, 5.41) is 9.86. The zero-order valence-electron chi connectivity index (χ0n) is 17.9. The molecule has 0 saturated heterocycles. The lowest BCUT2D eigenvalue weighted by Crippen LogP contribution is -2.52. The number of nitrogens with zero attached hydrogens (tertiary/aromatic N) is 1. The van der Waals surface area contributed by atoms with Crippen molar-refractivity contribution in [3.8, 4) is 18.1 Å². The SMILES string of the molecule is C#C[C@]1(OC(=O)CCN(C)C)CC[C@H]2[C@@H]3CCc4cc(O)ccc4[C@H]3CC[C@@]21C. The van der Waals surface area contributed by atoms with E-state index in [2.05, 4.69) is 18.9 Å². The first-order valence-electron chi connectivity index (χ1n) is 11.0. The van der Waals surface area contributed by atoms with Crippen molar-refractivity contribution in [2.75, 3.05) is 20.6 Å². The van der Waals surface area contributed by atoms with Gasteiger partial charge in [0.15, 0.2) is 5.60 Å². The Labute approximate surface area is 174 Å². The molecule has 0 unspecified atom stereocenters. The van der Waals surface area contributed by atoms with Crippen molar-refractivity contribution in [1.29, 1.82) is 0 Å². The lowest BCUT2D eigenvalue weighted by molar-refractivity contribution is -0.168. The minimum atomic E-state index is -0.777. The van der Waals surface area contributed by atoms with Gasteiger partial charge < -0.3 is 14.7 Å². The van der Waals surface area contributed by atoms with Crippen LogP contribution in [0.5, 0.6) is 5.75 Å². The molecule has 0 amide bonds. The number of ether oxygens (including phenoxy) is 1. The Morgan fingerprint density at radius 3 is 2.83 bits per heavy atom. The summed E-state index contributed by atoms with van der Waals surface area (Å²) < 4.78 is 6.10. The maximum atomic E-state index is 12.6. The van der Waals surface area contributed by atoms with Gasteiger partial charge in [-0.3, -0.25) is 4.79 Å². The van der Waals surface area contributed by atoms with Crippen LogP contribution in [-0.2, 0) is 16.0 Å². The molecule has 3 aliphatic rings. The summed E-state index contributed by atoms with van der Waals surface area (Å²) in [4.78, 5) is 14.6. The topological polar surface area (TPSA) is 49.8 Å². The number of phenols is 1. The minimum absolute atomic E-state index is 0.162. The quantitative estimate of drug-likeness (QED) is 0.616. The number of hydrogen-bond donors (Lipinski definition) is 1. The number of rotatable bonds is 4. The van der Waals surface area contributed by atoms with E-state index in [1.54, 1.807) is 0 Å². The van der Waals surface area contributed by atoms with Gasteiger partial charge in [0.25, 0.3) is 0 Å². The predicted molar refractivity (Wildman–Crippen MR) is 114 cm³/mol. The number of fused-ring (bicyclic) bond motifs is 5. The third-order valence-corrected chi connectivity index (χ3v) is 8.11. The van der Waals surface area contributed by atoms with Crippen LogP contribution < -0.4 is 0 Å². The van der Waals surface area contributed by atoms with Gasteiger partial charge in [0, 0.05) is 12.0 Å². The maximum absolute atomic E-state index is 12.6. The summed E-state index contributed by atoms with van der Waals surface area (Å²) >= 11 is 0. The first kappa shape index (κ1) is 20.3. The van der Waals surface area contributed by atoms with E-state index in [0.29, 0.717) is 36.5 Å². The van der Waals surface area contributed by atoms with Crippen molar-refractivity contribution in [3.63, 3.8) is 0 Å². The fraction of sp³-hybridized carbons (Fsp3) is 0.640. The molecule has 0 radical (unpaired) electrons. The molecule has 29 heavy (non-hydrogen) atoms. The molecule has 3 aliphatic carbocycles. The molecule has 2 fully saturated rings. The molecular weight excluding hydrogens is 362 g/mol. The standard InChI is InChI=1S/C25H33NO3/c1-5-25(29-23(28)12-15-26(3)4)14-11-22-21-8-6-17-16-18(27)7-9-19(17)20(21)10-13-24(22,25)2/h1,7,9,16,20-22,27H,6,8,10-15H2,2-4H3/t20-,21-,22+,24+,25+/m1/s1. The monoisotopic (exact) mass is 395 g/mol. The van der Waals surface area contributed by atoms with Gasteiger partial charge in [-0.15, -0.1) is 6.42 Å². The van der Waals surface area contributed by atoms with E-state index in [-0.39, 0.29) is 11.4 Å². The van der Waals surface area contributed by atoms with Gasteiger partial charge in [-0.2, -0.15) is 0 Å². The number of carbonyl (C=O) groups excluding carboxylic acids is 1. The molecule has 0 aromatic heterocycles. The summed E-state index contributed by atoms with van der Waals surface area (Å²) in [5.74, 6) is 4.72. The summed E-state index contributed by atoms with van der Waals surface area (Å²) in [7, 11) is 3.91. The van der Waals surface area contributed by atoms with Crippen LogP contribution in [0.15, 0.2) is 18.2 Å². The van der Waals surface area contributed by atoms with Crippen molar-refractivity contribution < 1.29 is 14.6 Å². The largest absolute Gasteiger partial charge is 0.508 e. The van der Waals surface area contributed by atoms with Crippen LogP contribution in [-0.4, -0.2) is 42.2 Å². The molecule has 1 aromatic rings. The van der Waals surface area contributed by atoms with E-state index in [9.17, 15) is 9.90 Å². The highest BCUT2D eigenvalue weighted by molar-refractivity contribution is 5.71. The summed E-state index contributed by atoms with van der Waals surface area (Å²) in [5.41, 5.74) is 1.76. The van der Waals surface area contributed by atoms with Crippen molar-refractivity contribution in [2.24, 2.45) is 17.3 Å². The first-order chi connectivity index (χ1) is 13.8. The molecule has 2 saturated carbocycles. The maximum Gasteiger partial charge on any atom is 0.308 e. The Hall–Kier alpha value is -1.99. The van der Waals surface area contributed by atoms with Gasteiger partial charge in [-0.25, -0.2) is 0 Å². The second kappa shape index (κ2) is 7.36. The number of carbonyl (C=O) groups is 1. The number of phenolic OH excluding ortho intramolecular Hbond substituents is 1. The Morgan fingerprint density at radius 2 is 2.10 bits per heavy atom. The third kappa shape index (κ3) is 3.24. The molecule has 4 nitrogen and oxygen atoms in total. The normalized spacial score (nSPS) is 35.3. The van der Waals surface area contributed by atoms with Gasteiger partial charge in [0.05, 0.1) is 6.42 Å². The molecule has 1 N–H and O–H groups in total. The summed E-state index contributed by atoms with van der Waals surface area (Å²) in [6.45, 7) is 2.94. The van der Waals surface area contributed by atoms with Crippen LogP contribution in [0, 0.1) is 29.6 Å². The predicted octanol–water partition coefficient (Wildman–Crippen LogP) is 4.12. The summed E-state index contributed by atoms with van der Waals surface area (Å²) in [6.07, 6.45) is 12.4. The van der Waals surface area contributed by atoms with E-state index >= 15 is 0 Å². The third-order valence-electron chi connectivity index (χ3n) is 8.11. The van der Waals surface area contributed by atoms with Crippen molar-refractivity contribution in [1.82, 2.24) is 4.90 Å². The average Bonchev–Trinajstić information content (AvgIpc) is 2.98. The van der Waals surface area contributed by atoms with E-state index in [1.165, 1.54) is 11.1 Å². The molecule has 4 rings (SSSR count). The Morgan fingerprint density at radius 1 is 1.31 bits per heavy atom. The smallest absolute Gasteiger partial charge is 0.308 e. The fourth-order valence-corrected chi connectivity index (χ4v) is 6.56. The van der Waals surface area contributed by atoms with E-state index < -0.39 is 5.60 Å². The van der Waals surface area contributed by atoms with E-state index in [1.807, 2.05) is 31.1 Å². The van der Waals surface area contributed by atoms with Gasteiger partial charge in [-0.1, -0.05) is 18.9 Å². The van der Waals surface area contributed by atoms with Gasteiger partial charge in [0.1, 0.15) is 5.75 Å². The molecular formula is C25H33NO3. The van der Waals surface area contributed by atoms with Crippen molar-refractivity contribution in [3.05, 3.63) is 29.3 Å². The second-order valence-electron chi connectivity index (χ2n) is 9.79. The number of aromatic hydroxyl groups is 1. The Bertz CT molecular complexity index is 841. The highest BCUT2D eigenvalue weighted by Crippen LogP contribution is 2.65. The molecule has 1 aromatic carbocycles. The molecule has 4 heteroatoms. The number of esters is 1. The zero-order chi connectivity index (χ0) is 20.8. The number of terminal acetylenes is 1. The molecule has 0 heterocycles. The molecule has 0 bridgehead atoms. The van der Waals surface area contributed by atoms with Crippen LogP contribution in [0.2, 0.25) is 0 Å². The Balaban J connectivity index is 1.58. The number of aryl methyl sites for hydroxylation is 1. The second-order valence-corrected chi connectivity index (χ2v) is 9.79. The van der Waals surface area contributed by atoms with E-state index in [4.69, 9.17) is 11.2 Å². The average molecular weight is 396 g/mol. The van der Waals surface area contributed by atoms with Crippen LogP contribution in [0.4, 0.5) is 0 Å². The van der Waals surface area contributed by atoms with Gasteiger partial charge in [-0.05, 0) is 93.6 Å². The van der Waals surface area contributed by atoms with Crippen LogP contribution >= 0.6 is 0 Å². The van der Waals surface area contributed by atoms with Crippen molar-refractivity contribution in [2.45, 2.75) is 63.4 Å². The summed E-state index contributed by atoms with van der Waals surface area (Å²) in [6, 6.07) is 5.88. The highest BCUT2D eigenvalue weighted by atomic mass is 16.6. The van der Waals surface area contributed by atoms with Crippen LogP contribution in [0.1, 0.15) is 62.5 Å². The fourth-order valence-electron chi connectivity index (χ4n) is 6.56. The molecule has 156 valence electrons. The molecule has 0 aliphatic heterocycles. The van der Waals surface area contributed by atoms with Crippen LogP contribution in [0.3, 0.4) is 0 Å². The minimum Gasteiger partial charge on any atom is -0.508 e. The number of hydrogen-bond acceptors (Lipinski definition) is 4. The Kier molecular flexibility index (Phi) is 5.15. The zero-order valence-corrected chi connectivity index (χ0v) is 17.9. The van der Waals surface area contributed by atoms with Crippen LogP contribution in [0.25, 0.3) is 0 Å². The van der Waals surface area contributed by atoms with E-state index in [0.717, 1.165) is 38.5 Å².